The van der Waals surface area contributed by atoms with Crippen molar-refractivity contribution in [3.63, 3.8) is 0 Å². The number of thioether (sulfide) groups is 1. The van der Waals surface area contributed by atoms with Gasteiger partial charge in [-0.15, -0.1) is 11.8 Å². The Balaban J connectivity index is 1.66. The van der Waals surface area contributed by atoms with Gasteiger partial charge in [0.05, 0.1) is 16.4 Å². The molecular weight excluding hydrogens is 356 g/mol. The van der Waals surface area contributed by atoms with Crippen molar-refractivity contribution < 1.29 is 19.2 Å². The summed E-state index contributed by atoms with van der Waals surface area (Å²) >= 11 is 1.16. The van der Waals surface area contributed by atoms with Crippen molar-refractivity contribution in [2.24, 2.45) is 0 Å². The molecule has 0 aliphatic heterocycles. The van der Waals surface area contributed by atoms with Gasteiger partial charge in [0.15, 0.2) is 0 Å². The zero-order chi connectivity index (χ0) is 18.9. The van der Waals surface area contributed by atoms with Crippen molar-refractivity contribution in [3.05, 3.63) is 69.8 Å². The molecule has 0 unspecified atom stereocenters. The van der Waals surface area contributed by atoms with Gasteiger partial charge >= 0.3 is 5.97 Å². The molecule has 2 aromatic rings. The SMILES string of the molecule is Cc1cccc(NC(=O)CSCC(=O)OCc2ccc([N+](=O)[O-])cc2)c1. The summed E-state index contributed by atoms with van der Waals surface area (Å²) in [6.45, 7) is 1.97. The normalized spacial score (nSPS) is 10.2. The lowest BCUT2D eigenvalue weighted by molar-refractivity contribution is -0.384. The summed E-state index contributed by atoms with van der Waals surface area (Å²) < 4.78 is 5.08. The molecule has 0 saturated carbocycles. The van der Waals surface area contributed by atoms with Gasteiger partial charge in [0.2, 0.25) is 5.91 Å². The second-order valence-corrected chi connectivity index (χ2v) is 6.48. The molecule has 8 heteroatoms. The third-order valence-corrected chi connectivity index (χ3v) is 4.21. The van der Waals surface area contributed by atoms with Crippen LogP contribution >= 0.6 is 11.8 Å². The molecule has 0 fully saturated rings. The zero-order valence-corrected chi connectivity index (χ0v) is 15.0. The predicted octanol–water partition coefficient (Wildman–Crippen LogP) is 3.32. The summed E-state index contributed by atoms with van der Waals surface area (Å²) in [6, 6.07) is 13.2. The fourth-order valence-corrected chi connectivity index (χ4v) is 2.68. The van der Waals surface area contributed by atoms with E-state index in [2.05, 4.69) is 5.32 Å². The molecule has 7 nitrogen and oxygen atoms in total. The summed E-state index contributed by atoms with van der Waals surface area (Å²) in [7, 11) is 0. The highest BCUT2D eigenvalue weighted by Gasteiger charge is 2.09. The number of nitrogens with zero attached hydrogens (tertiary/aromatic N) is 1. The number of esters is 1. The maximum atomic E-state index is 11.8. The lowest BCUT2D eigenvalue weighted by atomic mass is 10.2. The van der Waals surface area contributed by atoms with Crippen molar-refractivity contribution in [1.29, 1.82) is 0 Å². The van der Waals surface area contributed by atoms with Crippen LogP contribution in [0.4, 0.5) is 11.4 Å². The number of carbonyl (C=O) groups excluding carboxylic acids is 2. The van der Waals surface area contributed by atoms with Crippen LogP contribution in [0, 0.1) is 17.0 Å². The minimum absolute atomic E-state index is 0.0183. The molecule has 0 atom stereocenters. The number of carbonyl (C=O) groups is 2. The Morgan fingerprint density at radius 2 is 1.88 bits per heavy atom. The number of hydrogen-bond acceptors (Lipinski definition) is 6. The summed E-state index contributed by atoms with van der Waals surface area (Å²) in [6.07, 6.45) is 0. The minimum Gasteiger partial charge on any atom is -0.460 e. The Hall–Kier alpha value is -2.87. The largest absolute Gasteiger partial charge is 0.460 e. The quantitative estimate of drug-likeness (QED) is 0.432. The average molecular weight is 374 g/mol. The monoisotopic (exact) mass is 374 g/mol. The maximum Gasteiger partial charge on any atom is 0.316 e. The number of anilines is 1. The van der Waals surface area contributed by atoms with E-state index in [4.69, 9.17) is 4.74 Å². The van der Waals surface area contributed by atoms with E-state index < -0.39 is 10.9 Å². The number of nitro groups is 1. The Bertz CT molecular complexity index is 792. The number of benzene rings is 2. The first-order valence-corrected chi connectivity index (χ1v) is 8.93. The first-order chi connectivity index (χ1) is 12.4. The zero-order valence-electron chi connectivity index (χ0n) is 14.1. The number of non-ortho nitro benzene ring substituents is 1. The van der Waals surface area contributed by atoms with Crippen LogP contribution in [-0.4, -0.2) is 28.3 Å². The van der Waals surface area contributed by atoms with Gasteiger partial charge in [0, 0.05) is 17.8 Å². The van der Waals surface area contributed by atoms with E-state index in [1.54, 1.807) is 6.07 Å². The Kier molecular flexibility index (Phi) is 7.16. The van der Waals surface area contributed by atoms with E-state index in [9.17, 15) is 19.7 Å². The summed E-state index contributed by atoms with van der Waals surface area (Å²) in [4.78, 5) is 33.6. The second-order valence-electron chi connectivity index (χ2n) is 5.49. The van der Waals surface area contributed by atoms with Gasteiger partial charge in [0.1, 0.15) is 6.61 Å². The van der Waals surface area contributed by atoms with Gasteiger partial charge in [-0.05, 0) is 42.3 Å². The second kappa shape index (κ2) is 9.57. The molecule has 0 aliphatic rings. The van der Waals surface area contributed by atoms with Crippen molar-refractivity contribution in [1.82, 2.24) is 0 Å². The lowest BCUT2D eigenvalue weighted by Crippen LogP contribution is -2.16. The third-order valence-electron chi connectivity index (χ3n) is 3.30. The van der Waals surface area contributed by atoms with Gasteiger partial charge < -0.3 is 10.1 Å². The molecule has 0 spiro atoms. The van der Waals surface area contributed by atoms with Gasteiger partial charge in [-0.1, -0.05) is 12.1 Å². The highest BCUT2D eigenvalue weighted by Crippen LogP contribution is 2.13. The standard InChI is InChI=1S/C18H18N2O5S/c1-13-3-2-4-15(9-13)19-17(21)11-26-12-18(22)25-10-14-5-7-16(8-6-14)20(23)24/h2-9H,10-12H2,1H3,(H,19,21). The number of ether oxygens (including phenoxy) is 1. The van der Waals surface area contributed by atoms with Crippen LogP contribution in [0.3, 0.4) is 0 Å². The number of nitro benzene ring substituents is 1. The molecule has 0 heterocycles. The minimum atomic E-state index is -0.492. The summed E-state index contributed by atoms with van der Waals surface area (Å²) in [5, 5.41) is 13.3. The van der Waals surface area contributed by atoms with E-state index in [1.165, 1.54) is 24.3 Å². The first kappa shape index (κ1) is 19.5. The molecular formula is C18H18N2O5S. The highest BCUT2D eigenvalue weighted by atomic mass is 32.2. The van der Waals surface area contributed by atoms with E-state index in [0.717, 1.165) is 23.0 Å². The summed E-state index contributed by atoms with van der Waals surface area (Å²) in [5.74, 6) is -0.449. The summed E-state index contributed by atoms with van der Waals surface area (Å²) in [5.41, 5.74) is 2.41. The van der Waals surface area contributed by atoms with Gasteiger partial charge in [-0.2, -0.15) is 0 Å². The van der Waals surface area contributed by atoms with Crippen LogP contribution in [0.5, 0.6) is 0 Å². The van der Waals surface area contributed by atoms with E-state index in [-0.39, 0.29) is 29.7 Å². The highest BCUT2D eigenvalue weighted by molar-refractivity contribution is 8.00. The molecule has 0 aromatic heterocycles. The molecule has 1 amide bonds. The van der Waals surface area contributed by atoms with Crippen molar-refractivity contribution in [3.8, 4) is 0 Å². The van der Waals surface area contributed by atoms with Crippen LogP contribution in [0.1, 0.15) is 11.1 Å². The van der Waals surface area contributed by atoms with Crippen molar-refractivity contribution >= 4 is 35.0 Å². The van der Waals surface area contributed by atoms with Gasteiger partial charge in [0.25, 0.3) is 5.69 Å². The van der Waals surface area contributed by atoms with E-state index >= 15 is 0 Å². The average Bonchev–Trinajstić information content (AvgIpc) is 2.60. The van der Waals surface area contributed by atoms with E-state index in [1.807, 2.05) is 25.1 Å². The van der Waals surface area contributed by atoms with Gasteiger partial charge in [-0.3, -0.25) is 19.7 Å². The topological polar surface area (TPSA) is 98.5 Å². The Morgan fingerprint density at radius 3 is 2.54 bits per heavy atom. The van der Waals surface area contributed by atoms with Crippen LogP contribution in [0.25, 0.3) is 0 Å². The number of aryl methyl sites for hydroxylation is 1. The van der Waals surface area contributed by atoms with Crippen LogP contribution < -0.4 is 5.32 Å². The molecule has 0 bridgehead atoms. The third kappa shape index (κ3) is 6.56. The first-order valence-electron chi connectivity index (χ1n) is 7.77. The van der Waals surface area contributed by atoms with E-state index in [0.29, 0.717) is 5.56 Å². The number of amides is 1. The fraction of sp³-hybridized carbons (Fsp3) is 0.222. The van der Waals surface area contributed by atoms with Crippen LogP contribution in [0.15, 0.2) is 48.5 Å². The molecule has 0 radical (unpaired) electrons. The molecule has 0 saturated heterocycles. The Morgan fingerprint density at radius 1 is 1.15 bits per heavy atom. The molecule has 2 aromatic carbocycles. The Labute approximate surface area is 154 Å². The predicted molar refractivity (Wildman–Crippen MR) is 100 cm³/mol. The molecule has 0 aliphatic carbocycles. The smallest absolute Gasteiger partial charge is 0.316 e. The van der Waals surface area contributed by atoms with Crippen molar-refractivity contribution in [2.45, 2.75) is 13.5 Å². The number of rotatable bonds is 8. The number of nitrogens with one attached hydrogen (secondary N) is 1. The van der Waals surface area contributed by atoms with Crippen LogP contribution in [-0.2, 0) is 20.9 Å². The number of hydrogen-bond donors (Lipinski definition) is 1. The van der Waals surface area contributed by atoms with Crippen molar-refractivity contribution in [2.75, 3.05) is 16.8 Å². The lowest BCUT2D eigenvalue weighted by Gasteiger charge is -2.07. The molecule has 2 rings (SSSR count). The molecule has 136 valence electrons. The maximum absolute atomic E-state index is 11.8. The van der Waals surface area contributed by atoms with Crippen LogP contribution in [0.2, 0.25) is 0 Å². The fourth-order valence-electron chi connectivity index (χ4n) is 2.07. The van der Waals surface area contributed by atoms with Gasteiger partial charge in [-0.25, -0.2) is 0 Å². The molecule has 1 N–H and O–H groups in total. The molecule has 26 heavy (non-hydrogen) atoms.